The van der Waals surface area contributed by atoms with Crippen molar-refractivity contribution in [2.24, 2.45) is 5.41 Å². The van der Waals surface area contributed by atoms with Gasteiger partial charge in [-0.1, -0.05) is 12.8 Å². The van der Waals surface area contributed by atoms with Gasteiger partial charge in [-0.05, 0) is 50.4 Å². The highest BCUT2D eigenvalue weighted by molar-refractivity contribution is 5.07. The second kappa shape index (κ2) is 5.37. The van der Waals surface area contributed by atoms with Crippen LogP contribution in [-0.4, -0.2) is 23.9 Å². The maximum absolute atomic E-state index is 9.33. The van der Waals surface area contributed by atoms with E-state index < -0.39 is 5.60 Å². The molecule has 0 bridgehead atoms. The van der Waals surface area contributed by atoms with E-state index in [-0.39, 0.29) is 6.61 Å². The lowest BCUT2D eigenvalue weighted by molar-refractivity contribution is -0.0561. The summed E-state index contributed by atoms with van der Waals surface area (Å²) in [6, 6.07) is 2.38. The number of aliphatic hydroxyl groups excluding tert-OH is 1. The first kappa shape index (κ1) is 12.9. The summed E-state index contributed by atoms with van der Waals surface area (Å²) in [5.41, 5.74) is -0.0102. The topological polar surface area (TPSA) is 53.2 Å². The zero-order chi connectivity index (χ0) is 12.2. The highest BCUT2D eigenvalue weighted by Crippen LogP contribution is 2.51. The number of hydrogen-bond donors (Lipinski definition) is 1. The van der Waals surface area contributed by atoms with Crippen molar-refractivity contribution in [3.63, 3.8) is 0 Å². The molecule has 17 heavy (non-hydrogen) atoms. The van der Waals surface area contributed by atoms with Crippen LogP contribution in [0.2, 0.25) is 0 Å². The van der Waals surface area contributed by atoms with Gasteiger partial charge in [0.2, 0.25) is 0 Å². The fourth-order valence-corrected chi connectivity index (χ4v) is 3.43. The third-order valence-electron chi connectivity index (χ3n) is 4.67. The van der Waals surface area contributed by atoms with Crippen molar-refractivity contribution in [3.05, 3.63) is 0 Å². The Morgan fingerprint density at radius 3 is 2.24 bits per heavy atom. The summed E-state index contributed by atoms with van der Waals surface area (Å²) in [5, 5.41) is 18.1. The molecule has 0 aromatic heterocycles. The highest BCUT2D eigenvalue weighted by Gasteiger charge is 2.44. The summed E-state index contributed by atoms with van der Waals surface area (Å²) in [4.78, 5) is 0. The number of hydrogen-bond acceptors (Lipinski definition) is 3. The minimum Gasteiger partial charge on any atom is -0.396 e. The van der Waals surface area contributed by atoms with Crippen LogP contribution in [0, 0.1) is 16.7 Å². The zero-order valence-electron chi connectivity index (χ0n) is 10.6. The van der Waals surface area contributed by atoms with Crippen LogP contribution in [0.4, 0.5) is 0 Å². The molecule has 0 atom stereocenters. The van der Waals surface area contributed by atoms with Crippen molar-refractivity contribution in [2.45, 2.75) is 63.4 Å². The van der Waals surface area contributed by atoms with Crippen LogP contribution in [-0.2, 0) is 4.74 Å². The molecule has 2 fully saturated rings. The van der Waals surface area contributed by atoms with Crippen LogP contribution in [0.5, 0.6) is 0 Å². The van der Waals surface area contributed by atoms with E-state index in [4.69, 9.17) is 9.84 Å². The summed E-state index contributed by atoms with van der Waals surface area (Å²) in [5.74, 6) is 0. The molecule has 1 spiro atoms. The summed E-state index contributed by atoms with van der Waals surface area (Å²) >= 11 is 0. The van der Waals surface area contributed by atoms with Gasteiger partial charge < -0.3 is 9.84 Å². The molecule has 0 aliphatic heterocycles. The fraction of sp³-hybridized carbons (Fsp3) is 0.929. The predicted octanol–water partition coefficient (Wildman–Crippen LogP) is 2.78. The maximum atomic E-state index is 9.33. The van der Waals surface area contributed by atoms with E-state index in [9.17, 15) is 5.26 Å². The molecule has 0 heterocycles. The molecule has 0 amide bonds. The van der Waals surface area contributed by atoms with Crippen molar-refractivity contribution < 1.29 is 9.84 Å². The second-order valence-electron chi connectivity index (χ2n) is 5.74. The van der Waals surface area contributed by atoms with E-state index in [1.165, 1.54) is 25.7 Å². The third-order valence-corrected chi connectivity index (χ3v) is 4.67. The molecule has 0 saturated heterocycles. The van der Waals surface area contributed by atoms with E-state index in [2.05, 4.69) is 6.07 Å². The lowest BCUT2D eigenvalue weighted by Crippen LogP contribution is -2.39. The molecule has 0 unspecified atom stereocenters. The minimum atomic E-state index is -0.553. The molecule has 2 saturated carbocycles. The van der Waals surface area contributed by atoms with Crippen LogP contribution in [0.15, 0.2) is 0 Å². The van der Waals surface area contributed by atoms with Gasteiger partial charge in [0.15, 0.2) is 5.60 Å². The largest absolute Gasteiger partial charge is 0.396 e. The van der Waals surface area contributed by atoms with Gasteiger partial charge in [-0.15, -0.1) is 0 Å². The molecule has 2 aliphatic rings. The van der Waals surface area contributed by atoms with Crippen LogP contribution < -0.4 is 0 Å². The number of nitrogens with zero attached hydrogens (tertiary/aromatic N) is 1. The predicted molar refractivity (Wildman–Crippen MR) is 65.4 cm³/mol. The van der Waals surface area contributed by atoms with Gasteiger partial charge in [-0.25, -0.2) is 0 Å². The SMILES string of the molecule is N#CC1(OCCCO)CCC2(CCCC2)CC1. The summed E-state index contributed by atoms with van der Waals surface area (Å²) < 4.78 is 5.74. The Hall–Kier alpha value is -0.590. The van der Waals surface area contributed by atoms with Gasteiger partial charge in [0.05, 0.1) is 12.7 Å². The Labute approximate surface area is 104 Å². The summed E-state index contributed by atoms with van der Waals surface area (Å²) in [7, 11) is 0. The Bertz CT molecular complexity index is 279. The molecule has 96 valence electrons. The van der Waals surface area contributed by atoms with Crippen LogP contribution in [0.1, 0.15) is 57.8 Å². The lowest BCUT2D eigenvalue weighted by Gasteiger charge is -2.41. The number of ether oxygens (including phenoxy) is 1. The average Bonchev–Trinajstić information content (AvgIpc) is 2.82. The zero-order valence-corrected chi connectivity index (χ0v) is 10.6. The molecule has 0 radical (unpaired) electrons. The Balaban J connectivity index is 1.88. The van der Waals surface area contributed by atoms with Gasteiger partial charge in [0.1, 0.15) is 0 Å². The van der Waals surface area contributed by atoms with Gasteiger partial charge in [0.25, 0.3) is 0 Å². The monoisotopic (exact) mass is 237 g/mol. The first-order chi connectivity index (χ1) is 8.24. The van der Waals surface area contributed by atoms with Crippen molar-refractivity contribution in [1.82, 2.24) is 0 Å². The normalized spacial score (nSPS) is 25.9. The first-order valence-electron chi connectivity index (χ1n) is 6.90. The number of rotatable bonds is 4. The molecule has 0 aromatic rings. The van der Waals surface area contributed by atoms with E-state index >= 15 is 0 Å². The molecule has 2 rings (SSSR count). The second-order valence-corrected chi connectivity index (χ2v) is 5.74. The Morgan fingerprint density at radius 1 is 1.06 bits per heavy atom. The van der Waals surface area contributed by atoms with Crippen LogP contribution >= 0.6 is 0 Å². The van der Waals surface area contributed by atoms with Crippen molar-refractivity contribution in [2.75, 3.05) is 13.2 Å². The molecular weight excluding hydrogens is 214 g/mol. The average molecular weight is 237 g/mol. The molecule has 0 aromatic carbocycles. The molecule has 1 N–H and O–H groups in total. The van der Waals surface area contributed by atoms with Crippen molar-refractivity contribution in [3.8, 4) is 6.07 Å². The minimum absolute atomic E-state index is 0.144. The summed E-state index contributed by atoms with van der Waals surface area (Å²) in [6.07, 6.45) is 10.1. The van der Waals surface area contributed by atoms with Crippen LogP contribution in [0.25, 0.3) is 0 Å². The van der Waals surface area contributed by atoms with Gasteiger partial charge in [0, 0.05) is 6.61 Å². The molecule has 3 heteroatoms. The summed E-state index contributed by atoms with van der Waals surface area (Å²) in [6.45, 7) is 0.655. The Kier molecular flexibility index (Phi) is 4.06. The number of nitriles is 1. The highest BCUT2D eigenvalue weighted by atomic mass is 16.5. The van der Waals surface area contributed by atoms with Crippen molar-refractivity contribution >= 4 is 0 Å². The van der Waals surface area contributed by atoms with Crippen molar-refractivity contribution in [1.29, 1.82) is 5.26 Å². The fourth-order valence-electron chi connectivity index (χ4n) is 3.43. The maximum Gasteiger partial charge on any atom is 0.154 e. The third kappa shape index (κ3) is 2.81. The van der Waals surface area contributed by atoms with Gasteiger partial charge >= 0.3 is 0 Å². The quantitative estimate of drug-likeness (QED) is 0.765. The molecular formula is C14H23NO2. The number of aliphatic hydroxyl groups is 1. The molecule has 3 nitrogen and oxygen atoms in total. The van der Waals surface area contributed by atoms with Crippen LogP contribution in [0.3, 0.4) is 0 Å². The van der Waals surface area contributed by atoms with E-state index in [0.717, 1.165) is 25.7 Å². The lowest BCUT2D eigenvalue weighted by atomic mass is 9.68. The smallest absolute Gasteiger partial charge is 0.154 e. The first-order valence-corrected chi connectivity index (χ1v) is 6.90. The van der Waals surface area contributed by atoms with E-state index in [1.807, 2.05) is 0 Å². The molecule has 2 aliphatic carbocycles. The van der Waals surface area contributed by atoms with Gasteiger partial charge in [-0.3, -0.25) is 0 Å². The standard InChI is InChI=1S/C14H23NO2/c15-12-14(17-11-3-10-16)8-6-13(7-9-14)4-1-2-5-13/h16H,1-11H2. The Morgan fingerprint density at radius 2 is 1.71 bits per heavy atom. The van der Waals surface area contributed by atoms with E-state index in [0.29, 0.717) is 18.4 Å². The van der Waals surface area contributed by atoms with Gasteiger partial charge in [-0.2, -0.15) is 5.26 Å². The van der Waals surface area contributed by atoms with E-state index in [1.54, 1.807) is 0 Å².